The molecule has 2 rings (SSSR count). The molecule has 1 amide bonds. The average molecular weight is 404 g/mol. The second-order valence-electron chi connectivity index (χ2n) is 4.97. The van der Waals surface area contributed by atoms with Crippen LogP contribution in [0.1, 0.15) is 22.8 Å². The molecule has 0 radical (unpaired) electrons. The normalized spacial score (nSPS) is 11.0. The second-order valence-corrected chi connectivity index (χ2v) is 5.37. The molecule has 0 bridgehead atoms. The molecule has 0 atom stereocenters. The number of rotatable bonds is 6. The fraction of sp³-hybridized carbons (Fsp3) is 0.250. The van der Waals surface area contributed by atoms with E-state index < -0.39 is 35.2 Å². The molecule has 7 nitrogen and oxygen atoms in total. The largest absolute Gasteiger partial charge is 0.477 e. The van der Waals surface area contributed by atoms with Gasteiger partial charge in [0.1, 0.15) is 5.56 Å². The Morgan fingerprint density at radius 1 is 1.30 bits per heavy atom. The molecule has 11 heteroatoms. The number of carbonyl (C=O) groups excluding carboxylic acids is 2. The third-order valence-electron chi connectivity index (χ3n) is 3.03. The fourth-order valence-electron chi connectivity index (χ4n) is 1.86. The Balaban J connectivity index is 1.98. The van der Waals surface area contributed by atoms with Crippen LogP contribution in [0.4, 0.5) is 19.0 Å². The van der Waals surface area contributed by atoms with Gasteiger partial charge in [0.25, 0.3) is 5.91 Å². The van der Waals surface area contributed by atoms with Gasteiger partial charge in [-0.05, 0) is 25.1 Å². The summed E-state index contributed by atoms with van der Waals surface area (Å²) in [4.78, 5) is 31.2. The lowest BCUT2D eigenvalue weighted by Crippen LogP contribution is -2.22. The van der Waals surface area contributed by atoms with Crippen molar-refractivity contribution in [2.24, 2.45) is 0 Å². The van der Waals surface area contributed by atoms with Crippen LogP contribution >= 0.6 is 11.6 Å². The van der Waals surface area contributed by atoms with Crippen LogP contribution in [-0.4, -0.2) is 35.1 Å². The van der Waals surface area contributed by atoms with Crippen LogP contribution in [0.5, 0.6) is 5.88 Å². The number of carbonyl (C=O) groups is 2. The smallest absolute Gasteiger partial charge is 0.417 e. The standard InChI is InChI=1S/C16H13ClF3N3O4/c1-2-26-14-10(4-3-5-21-14)15(25)27-8-12(24)23-13-11(17)6-9(7-22-13)16(18,19)20/h3-7H,2,8H2,1H3,(H,22,23,24). The average Bonchev–Trinajstić information content (AvgIpc) is 2.61. The summed E-state index contributed by atoms with van der Waals surface area (Å²) < 4.78 is 47.7. The minimum Gasteiger partial charge on any atom is -0.477 e. The first-order valence-corrected chi connectivity index (χ1v) is 7.87. The zero-order valence-electron chi connectivity index (χ0n) is 13.8. The van der Waals surface area contributed by atoms with Crippen molar-refractivity contribution in [1.82, 2.24) is 9.97 Å². The third-order valence-corrected chi connectivity index (χ3v) is 3.32. The van der Waals surface area contributed by atoms with Gasteiger partial charge in [-0.2, -0.15) is 13.2 Å². The quantitative estimate of drug-likeness (QED) is 0.744. The highest BCUT2D eigenvalue weighted by Crippen LogP contribution is 2.32. The highest BCUT2D eigenvalue weighted by Gasteiger charge is 2.31. The van der Waals surface area contributed by atoms with E-state index in [1.54, 1.807) is 6.92 Å². The maximum Gasteiger partial charge on any atom is 0.417 e. The summed E-state index contributed by atoms with van der Waals surface area (Å²) in [5.41, 5.74) is -1.03. The molecule has 0 saturated heterocycles. The summed E-state index contributed by atoms with van der Waals surface area (Å²) >= 11 is 5.68. The number of amides is 1. The van der Waals surface area contributed by atoms with Gasteiger partial charge in [-0.15, -0.1) is 0 Å². The van der Waals surface area contributed by atoms with E-state index in [0.717, 1.165) is 0 Å². The van der Waals surface area contributed by atoms with Gasteiger partial charge < -0.3 is 14.8 Å². The van der Waals surface area contributed by atoms with Crippen molar-refractivity contribution in [3.63, 3.8) is 0 Å². The first-order chi connectivity index (χ1) is 12.7. The van der Waals surface area contributed by atoms with Gasteiger partial charge in [0.15, 0.2) is 12.4 Å². The maximum atomic E-state index is 12.6. The van der Waals surface area contributed by atoms with Crippen LogP contribution < -0.4 is 10.1 Å². The molecule has 0 spiro atoms. The van der Waals surface area contributed by atoms with Crippen molar-refractivity contribution in [3.05, 3.63) is 46.7 Å². The summed E-state index contributed by atoms with van der Waals surface area (Å²) in [6.45, 7) is 1.27. The number of anilines is 1. The van der Waals surface area contributed by atoms with Crippen LogP contribution in [0.3, 0.4) is 0 Å². The van der Waals surface area contributed by atoms with Gasteiger partial charge in [-0.1, -0.05) is 11.6 Å². The molecular formula is C16H13ClF3N3O4. The number of esters is 1. The molecule has 144 valence electrons. The molecule has 2 heterocycles. The van der Waals surface area contributed by atoms with E-state index >= 15 is 0 Å². The van der Waals surface area contributed by atoms with Crippen molar-refractivity contribution in [2.45, 2.75) is 13.1 Å². The molecule has 2 aromatic rings. The topological polar surface area (TPSA) is 90.4 Å². The monoisotopic (exact) mass is 403 g/mol. The number of nitrogens with zero attached hydrogens (tertiary/aromatic N) is 2. The van der Waals surface area contributed by atoms with E-state index in [4.69, 9.17) is 21.1 Å². The van der Waals surface area contributed by atoms with Crippen molar-refractivity contribution in [2.75, 3.05) is 18.5 Å². The van der Waals surface area contributed by atoms with Crippen LogP contribution in [0.15, 0.2) is 30.6 Å². The number of hydrogen-bond donors (Lipinski definition) is 1. The summed E-state index contributed by atoms with van der Waals surface area (Å²) in [6, 6.07) is 3.53. The molecule has 0 fully saturated rings. The highest BCUT2D eigenvalue weighted by molar-refractivity contribution is 6.33. The first kappa shape index (κ1) is 20.4. The molecule has 1 N–H and O–H groups in total. The molecule has 0 saturated carbocycles. The van der Waals surface area contributed by atoms with Crippen molar-refractivity contribution < 1.29 is 32.2 Å². The number of aromatic nitrogens is 2. The minimum absolute atomic E-state index is 0.0258. The van der Waals surface area contributed by atoms with Gasteiger partial charge in [0.05, 0.1) is 17.2 Å². The Kier molecular flexibility index (Phi) is 6.56. The predicted molar refractivity (Wildman–Crippen MR) is 88.6 cm³/mol. The Morgan fingerprint density at radius 2 is 2.04 bits per heavy atom. The van der Waals surface area contributed by atoms with Crippen molar-refractivity contribution in [1.29, 1.82) is 0 Å². The predicted octanol–water partition coefficient (Wildman–Crippen LogP) is 3.34. The summed E-state index contributed by atoms with van der Waals surface area (Å²) in [6.07, 6.45) is -2.67. The van der Waals surface area contributed by atoms with E-state index in [0.29, 0.717) is 12.3 Å². The minimum atomic E-state index is -4.61. The van der Waals surface area contributed by atoms with Gasteiger partial charge >= 0.3 is 12.1 Å². The van der Waals surface area contributed by atoms with E-state index in [1.807, 2.05) is 0 Å². The highest BCUT2D eigenvalue weighted by atomic mass is 35.5. The lowest BCUT2D eigenvalue weighted by molar-refractivity contribution is -0.137. The van der Waals surface area contributed by atoms with Gasteiger partial charge in [-0.25, -0.2) is 14.8 Å². The van der Waals surface area contributed by atoms with Crippen molar-refractivity contribution in [3.8, 4) is 5.88 Å². The van der Waals surface area contributed by atoms with E-state index in [-0.39, 0.29) is 23.9 Å². The van der Waals surface area contributed by atoms with Crippen LogP contribution in [0.25, 0.3) is 0 Å². The second kappa shape index (κ2) is 8.67. The molecule has 0 aliphatic heterocycles. The molecule has 0 unspecified atom stereocenters. The van der Waals surface area contributed by atoms with E-state index in [1.165, 1.54) is 18.3 Å². The number of ether oxygens (including phenoxy) is 2. The number of nitrogens with one attached hydrogen (secondary N) is 1. The van der Waals surface area contributed by atoms with Gasteiger partial charge in [-0.3, -0.25) is 4.79 Å². The maximum absolute atomic E-state index is 12.6. The Labute approximate surface area is 156 Å². The summed E-state index contributed by atoms with van der Waals surface area (Å²) in [7, 11) is 0. The molecule has 0 aliphatic rings. The zero-order valence-corrected chi connectivity index (χ0v) is 14.6. The van der Waals surface area contributed by atoms with Gasteiger partial charge in [0, 0.05) is 12.4 Å². The fourth-order valence-corrected chi connectivity index (χ4v) is 2.07. The number of pyridine rings is 2. The van der Waals surface area contributed by atoms with Gasteiger partial charge in [0.2, 0.25) is 5.88 Å². The van der Waals surface area contributed by atoms with Crippen LogP contribution in [-0.2, 0) is 15.7 Å². The third kappa shape index (κ3) is 5.55. The lowest BCUT2D eigenvalue weighted by Gasteiger charge is -2.11. The SMILES string of the molecule is CCOc1ncccc1C(=O)OCC(=O)Nc1ncc(C(F)(F)F)cc1Cl. The zero-order chi connectivity index (χ0) is 20.0. The summed E-state index contributed by atoms with van der Waals surface area (Å²) in [5, 5.41) is 1.75. The molecule has 27 heavy (non-hydrogen) atoms. The lowest BCUT2D eigenvalue weighted by atomic mass is 10.2. The Bertz CT molecular complexity index is 846. The summed E-state index contributed by atoms with van der Waals surface area (Å²) in [5.74, 6) is -1.92. The molecule has 0 aliphatic carbocycles. The van der Waals surface area contributed by atoms with Crippen molar-refractivity contribution >= 4 is 29.3 Å². The van der Waals surface area contributed by atoms with Crippen LogP contribution in [0.2, 0.25) is 5.02 Å². The molecular weight excluding hydrogens is 391 g/mol. The van der Waals surface area contributed by atoms with E-state index in [9.17, 15) is 22.8 Å². The van der Waals surface area contributed by atoms with Crippen LogP contribution in [0, 0.1) is 0 Å². The molecule has 0 aromatic carbocycles. The Hall–Kier alpha value is -2.88. The Morgan fingerprint density at radius 3 is 2.67 bits per heavy atom. The first-order valence-electron chi connectivity index (χ1n) is 7.50. The van der Waals surface area contributed by atoms with E-state index in [2.05, 4.69) is 15.3 Å². The number of halogens is 4. The number of hydrogen-bond acceptors (Lipinski definition) is 6. The number of alkyl halides is 3. The molecule has 2 aromatic heterocycles.